The number of aromatic nitrogens is 2. The average molecular weight is 431 g/mol. The molecule has 0 atom stereocenters. The number of methoxy groups -OCH3 is 1. The van der Waals surface area contributed by atoms with Crippen molar-refractivity contribution < 1.29 is 9.53 Å². The van der Waals surface area contributed by atoms with Gasteiger partial charge in [0.2, 0.25) is 11.0 Å². The number of piperazine rings is 1. The van der Waals surface area contributed by atoms with Crippen LogP contribution >= 0.6 is 11.5 Å². The topological polar surface area (TPSA) is 58.6 Å². The summed E-state index contributed by atoms with van der Waals surface area (Å²) < 4.78 is 9.82. The summed E-state index contributed by atoms with van der Waals surface area (Å²) in [6.45, 7) is 5.44. The van der Waals surface area contributed by atoms with Crippen LogP contribution in [0.1, 0.15) is 63.3 Å². The van der Waals surface area contributed by atoms with Gasteiger partial charge in [-0.1, -0.05) is 51.2 Å². The number of amides is 1. The fourth-order valence-electron chi connectivity index (χ4n) is 3.77. The molecule has 1 aromatic heterocycles. The molecule has 0 unspecified atom stereocenters. The Bertz CT molecular complexity index is 787. The number of ether oxygens (including phenoxy) is 1. The molecular weight excluding hydrogens is 396 g/mol. The van der Waals surface area contributed by atoms with Crippen LogP contribution in [-0.4, -0.2) is 53.5 Å². The Hall–Kier alpha value is -2.15. The van der Waals surface area contributed by atoms with E-state index in [2.05, 4.69) is 22.3 Å². The molecule has 1 saturated heterocycles. The summed E-state index contributed by atoms with van der Waals surface area (Å²) in [5, 5.41) is 0.955. The van der Waals surface area contributed by atoms with Gasteiger partial charge in [-0.2, -0.15) is 4.37 Å². The third-order valence-corrected chi connectivity index (χ3v) is 6.42. The van der Waals surface area contributed by atoms with Crippen molar-refractivity contribution in [1.82, 2.24) is 14.3 Å². The van der Waals surface area contributed by atoms with Gasteiger partial charge < -0.3 is 14.5 Å². The summed E-state index contributed by atoms with van der Waals surface area (Å²) in [7, 11) is 1.68. The summed E-state index contributed by atoms with van der Waals surface area (Å²) in [6.07, 6.45) is 8.71. The molecule has 6 nitrogen and oxygen atoms in total. The normalized spacial score (nSPS) is 14.2. The highest BCUT2D eigenvalue weighted by molar-refractivity contribution is 7.09. The highest BCUT2D eigenvalue weighted by atomic mass is 32.1. The van der Waals surface area contributed by atoms with Crippen molar-refractivity contribution in [2.75, 3.05) is 38.2 Å². The fraction of sp³-hybridized carbons (Fsp3) is 0.609. The molecule has 30 heavy (non-hydrogen) atoms. The van der Waals surface area contributed by atoms with Crippen LogP contribution in [-0.2, 0) is 11.2 Å². The third-order valence-electron chi connectivity index (χ3n) is 5.60. The van der Waals surface area contributed by atoms with Gasteiger partial charge in [0.05, 0.1) is 7.11 Å². The zero-order chi connectivity index (χ0) is 21.2. The van der Waals surface area contributed by atoms with E-state index < -0.39 is 0 Å². The van der Waals surface area contributed by atoms with E-state index in [4.69, 9.17) is 9.72 Å². The molecule has 0 spiro atoms. The maximum atomic E-state index is 12.5. The third kappa shape index (κ3) is 6.69. The zero-order valence-corrected chi connectivity index (χ0v) is 19.1. The number of carbonyl (C=O) groups is 1. The monoisotopic (exact) mass is 430 g/mol. The van der Waals surface area contributed by atoms with Crippen molar-refractivity contribution in [3.8, 4) is 5.75 Å². The largest absolute Gasteiger partial charge is 0.497 e. The molecule has 1 aromatic carbocycles. The molecule has 1 fully saturated rings. The van der Waals surface area contributed by atoms with E-state index in [9.17, 15) is 4.79 Å². The molecule has 7 heteroatoms. The van der Waals surface area contributed by atoms with Crippen LogP contribution in [0.4, 0.5) is 5.13 Å². The van der Waals surface area contributed by atoms with Gasteiger partial charge in [-0.3, -0.25) is 4.79 Å². The molecule has 0 N–H and O–H groups in total. The molecule has 1 amide bonds. The van der Waals surface area contributed by atoms with Gasteiger partial charge in [-0.05, 0) is 24.1 Å². The lowest BCUT2D eigenvalue weighted by Gasteiger charge is -2.34. The van der Waals surface area contributed by atoms with Gasteiger partial charge in [0.15, 0.2) is 0 Å². The molecule has 164 valence electrons. The van der Waals surface area contributed by atoms with Gasteiger partial charge in [0, 0.05) is 50.6 Å². The number of hydrogen-bond acceptors (Lipinski definition) is 6. The molecule has 0 bridgehead atoms. The first kappa shape index (κ1) is 22.5. The van der Waals surface area contributed by atoms with Crippen molar-refractivity contribution in [3.05, 3.63) is 35.7 Å². The quantitative estimate of drug-likeness (QED) is 0.490. The van der Waals surface area contributed by atoms with E-state index in [0.29, 0.717) is 18.7 Å². The predicted molar refractivity (Wildman–Crippen MR) is 122 cm³/mol. The van der Waals surface area contributed by atoms with Crippen LogP contribution in [0.5, 0.6) is 5.75 Å². The van der Waals surface area contributed by atoms with Crippen LogP contribution in [0.3, 0.4) is 0 Å². The van der Waals surface area contributed by atoms with Crippen LogP contribution in [0, 0.1) is 0 Å². The molecule has 2 aromatic rings. The minimum atomic E-state index is 0.307. The van der Waals surface area contributed by atoms with E-state index in [0.717, 1.165) is 54.9 Å². The van der Waals surface area contributed by atoms with Gasteiger partial charge in [0.1, 0.15) is 11.6 Å². The predicted octanol–water partition coefficient (Wildman–Crippen LogP) is 4.54. The average Bonchev–Trinajstić information content (AvgIpc) is 3.24. The van der Waals surface area contributed by atoms with Gasteiger partial charge in [-0.25, -0.2) is 4.98 Å². The Balaban J connectivity index is 1.41. The van der Waals surface area contributed by atoms with Crippen LogP contribution < -0.4 is 9.64 Å². The first-order valence-corrected chi connectivity index (χ1v) is 11.9. The molecule has 1 aliphatic rings. The lowest BCUT2D eigenvalue weighted by Crippen LogP contribution is -2.48. The lowest BCUT2D eigenvalue weighted by atomic mass is 10.1. The number of nitrogens with zero attached hydrogens (tertiary/aromatic N) is 4. The number of carbonyl (C=O) groups excluding carboxylic acids is 1. The maximum Gasteiger partial charge on any atom is 0.222 e. The number of unbranched alkanes of at least 4 members (excludes halogenated alkanes) is 5. The SMILES string of the molecule is CCCCCCCCC(=O)N1CCN(c2nc(Cc3cccc(OC)c3)ns2)CC1. The second kappa shape index (κ2) is 11.9. The Morgan fingerprint density at radius 3 is 2.63 bits per heavy atom. The van der Waals surface area contributed by atoms with Crippen LogP contribution in [0.15, 0.2) is 24.3 Å². The standard InChI is InChI=1S/C23H34N4O2S/c1-3-4-5-6-7-8-12-22(28)26-13-15-27(16-14-26)23-24-21(25-30-23)18-19-10-9-11-20(17-19)29-2/h9-11,17H,3-8,12-16,18H2,1-2H3. The van der Waals surface area contributed by atoms with E-state index in [1.54, 1.807) is 7.11 Å². The molecule has 2 heterocycles. The van der Waals surface area contributed by atoms with Crippen molar-refractivity contribution >= 4 is 22.6 Å². The first-order chi connectivity index (χ1) is 14.7. The zero-order valence-electron chi connectivity index (χ0n) is 18.3. The van der Waals surface area contributed by atoms with E-state index in [1.165, 1.54) is 43.6 Å². The summed E-state index contributed by atoms with van der Waals surface area (Å²) >= 11 is 1.45. The molecule has 3 rings (SSSR count). The Labute approximate surface area is 184 Å². The first-order valence-electron chi connectivity index (χ1n) is 11.2. The van der Waals surface area contributed by atoms with Crippen molar-refractivity contribution in [3.63, 3.8) is 0 Å². The summed E-state index contributed by atoms with van der Waals surface area (Å²) in [5.41, 5.74) is 1.14. The van der Waals surface area contributed by atoms with E-state index >= 15 is 0 Å². The molecule has 1 aliphatic heterocycles. The lowest BCUT2D eigenvalue weighted by molar-refractivity contribution is -0.131. The fourth-order valence-corrected chi connectivity index (χ4v) is 4.51. The molecule has 0 radical (unpaired) electrons. The summed E-state index contributed by atoms with van der Waals surface area (Å²) in [5.74, 6) is 2.00. The van der Waals surface area contributed by atoms with Crippen LogP contribution in [0.25, 0.3) is 0 Å². The number of anilines is 1. The molecule has 0 saturated carbocycles. The highest BCUT2D eigenvalue weighted by Gasteiger charge is 2.23. The van der Waals surface area contributed by atoms with Gasteiger partial charge in [-0.15, -0.1) is 0 Å². The number of hydrogen-bond donors (Lipinski definition) is 0. The van der Waals surface area contributed by atoms with Crippen molar-refractivity contribution in [2.45, 2.75) is 58.3 Å². The second-order valence-electron chi connectivity index (χ2n) is 7.91. The molecular formula is C23H34N4O2S. The number of benzene rings is 1. The van der Waals surface area contributed by atoms with E-state index in [1.807, 2.05) is 23.1 Å². The summed E-state index contributed by atoms with van der Waals surface area (Å²) in [4.78, 5) is 21.5. The van der Waals surface area contributed by atoms with Gasteiger partial charge >= 0.3 is 0 Å². The Morgan fingerprint density at radius 2 is 1.87 bits per heavy atom. The van der Waals surface area contributed by atoms with E-state index in [-0.39, 0.29) is 0 Å². The van der Waals surface area contributed by atoms with Gasteiger partial charge in [0.25, 0.3) is 0 Å². The smallest absolute Gasteiger partial charge is 0.222 e. The second-order valence-corrected chi connectivity index (χ2v) is 8.64. The van der Waals surface area contributed by atoms with Crippen molar-refractivity contribution in [1.29, 1.82) is 0 Å². The minimum absolute atomic E-state index is 0.307. The number of rotatable bonds is 11. The summed E-state index contributed by atoms with van der Waals surface area (Å²) in [6, 6.07) is 8.02. The maximum absolute atomic E-state index is 12.5. The minimum Gasteiger partial charge on any atom is -0.497 e. The molecule has 0 aliphatic carbocycles. The highest BCUT2D eigenvalue weighted by Crippen LogP contribution is 2.22. The Kier molecular flexibility index (Phi) is 8.93. The Morgan fingerprint density at radius 1 is 1.10 bits per heavy atom. The van der Waals surface area contributed by atoms with Crippen LogP contribution in [0.2, 0.25) is 0 Å². The van der Waals surface area contributed by atoms with Crippen molar-refractivity contribution in [2.24, 2.45) is 0 Å².